The fourth-order valence-corrected chi connectivity index (χ4v) is 4.85. The Hall–Kier alpha value is -3.87. The number of imide groups is 1. The first-order valence-corrected chi connectivity index (χ1v) is 10.9. The molecule has 3 aromatic rings. The van der Waals surface area contributed by atoms with E-state index in [4.69, 9.17) is 4.74 Å². The summed E-state index contributed by atoms with van der Waals surface area (Å²) in [5.41, 5.74) is 1.80. The number of fused-ring (bicyclic) bond motifs is 3. The van der Waals surface area contributed by atoms with Gasteiger partial charge in [-0.2, -0.15) is 0 Å². The molecule has 1 heterocycles. The second-order valence-electron chi connectivity index (χ2n) is 8.68. The van der Waals surface area contributed by atoms with Crippen LogP contribution in [-0.2, 0) is 28.1 Å². The van der Waals surface area contributed by atoms with Gasteiger partial charge in [0.05, 0.1) is 7.11 Å². The number of methoxy groups -OCH3 is 1. The van der Waals surface area contributed by atoms with Gasteiger partial charge in [-0.1, -0.05) is 42.5 Å². The summed E-state index contributed by atoms with van der Waals surface area (Å²) in [7, 11) is 3.31. The van der Waals surface area contributed by atoms with Gasteiger partial charge in [0.2, 0.25) is 5.91 Å². The van der Waals surface area contributed by atoms with E-state index in [0.717, 1.165) is 44.5 Å². The average Bonchev–Trinajstić information content (AvgIpc) is 3.31. The quantitative estimate of drug-likeness (QED) is 0.615. The number of likely N-dealkylation sites (N-methyl/N-ethyl adjacent to an activating group) is 1. The molecule has 4 amide bonds. The zero-order valence-electron chi connectivity index (χ0n) is 18.6. The Morgan fingerprint density at radius 3 is 2.67 bits per heavy atom. The number of hydrogen-bond donors (Lipinski definition) is 1. The molecule has 1 N–H and O–H groups in total. The van der Waals surface area contributed by atoms with Crippen molar-refractivity contribution in [2.45, 2.75) is 24.9 Å². The first-order valence-electron chi connectivity index (χ1n) is 10.9. The van der Waals surface area contributed by atoms with Crippen molar-refractivity contribution >= 4 is 28.6 Å². The largest absolute Gasteiger partial charge is 0.497 e. The number of urea groups is 1. The third-order valence-corrected chi connectivity index (χ3v) is 6.67. The second-order valence-corrected chi connectivity index (χ2v) is 8.68. The number of nitrogens with one attached hydrogen (secondary N) is 1. The highest BCUT2D eigenvalue weighted by Gasteiger charge is 2.55. The van der Waals surface area contributed by atoms with E-state index in [9.17, 15) is 14.4 Å². The summed E-state index contributed by atoms with van der Waals surface area (Å²) in [5, 5.41) is 4.96. The maximum atomic E-state index is 13.3. The second kappa shape index (κ2) is 7.92. The number of carbonyl (C=O) groups is 3. The minimum absolute atomic E-state index is 0.282. The molecule has 5 rings (SSSR count). The predicted octanol–water partition coefficient (Wildman–Crippen LogP) is 3.20. The van der Waals surface area contributed by atoms with Gasteiger partial charge >= 0.3 is 6.03 Å². The highest BCUT2D eigenvalue weighted by Crippen LogP contribution is 2.41. The first-order chi connectivity index (χ1) is 15.9. The van der Waals surface area contributed by atoms with Crippen molar-refractivity contribution < 1.29 is 19.1 Å². The molecule has 1 spiro atoms. The van der Waals surface area contributed by atoms with Crippen molar-refractivity contribution in [2.24, 2.45) is 0 Å². The van der Waals surface area contributed by atoms with E-state index in [1.54, 1.807) is 19.1 Å². The van der Waals surface area contributed by atoms with Crippen molar-refractivity contribution in [3.05, 3.63) is 77.4 Å². The molecule has 33 heavy (non-hydrogen) atoms. The van der Waals surface area contributed by atoms with Crippen LogP contribution in [0.3, 0.4) is 0 Å². The van der Waals surface area contributed by atoms with Crippen LogP contribution in [0.4, 0.5) is 4.79 Å². The molecular weight excluding hydrogens is 418 g/mol. The van der Waals surface area contributed by atoms with Crippen LogP contribution in [0.5, 0.6) is 5.75 Å². The van der Waals surface area contributed by atoms with Gasteiger partial charge in [-0.3, -0.25) is 14.5 Å². The molecule has 2 aliphatic rings. The van der Waals surface area contributed by atoms with Gasteiger partial charge in [0.25, 0.3) is 5.91 Å². The van der Waals surface area contributed by atoms with E-state index >= 15 is 0 Å². The van der Waals surface area contributed by atoms with Crippen LogP contribution in [0.25, 0.3) is 10.8 Å². The molecule has 7 nitrogen and oxygen atoms in total. The lowest BCUT2D eigenvalue weighted by Crippen LogP contribution is -2.44. The van der Waals surface area contributed by atoms with Crippen LogP contribution in [0.2, 0.25) is 0 Å². The summed E-state index contributed by atoms with van der Waals surface area (Å²) in [4.78, 5) is 41.5. The zero-order valence-corrected chi connectivity index (χ0v) is 18.6. The molecule has 1 aliphatic heterocycles. The van der Waals surface area contributed by atoms with Crippen molar-refractivity contribution in [1.29, 1.82) is 0 Å². The molecule has 1 aliphatic carbocycles. The molecule has 0 aromatic heterocycles. The lowest BCUT2D eigenvalue weighted by Gasteiger charge is -2.23. The van der Waals surface area contributed by atoms with Crippen molar-refractivity contribution in [2.75, 3.05) is 20.7 Å². The van der Waals surface area contributed by atoms with Gasteiger partial charge in [0.1, 0.15) is 17.8 Å². The van der Waals surface area contributed by atoms with Crippen LogP contribution in [0, 0.1) is 0 Å². The van der Waals surface area contributed by atoms with Crippen molar-refractivity contribution in [3.8, 4) is 5.75 Å². The van der Waals surface area contributed by atoms with E-state index in [0.29, 0.717) is 13.0 Å². The fraction of sp³-hybridized carbons (Fsp3) is 0.269. The standard InChI is InChI=1S/C26H25N3O4/c1-28(15-17-7-8-20-14-21(33-2)10-9-19(20)13-17)23(30)16-29-24(31)26(27-25(29)32)12-11-18-5-3-4-6-22(18)26/h3-10,13-14H,11-12,15-16H2,1-2H3,(H,27,32). The lowest BCUT2D eigenvalue weighted by atomic mass is 9.92. The van der Waals surface area contributed by atoms with Crippen molar-refractivity contribution in [1.82, 2.24) is 15.1 Å². The van der Waals surface area contributed by atoms with Crippen LogP contribution < -0.4 is 10.1 Å². The predicted molar refractivity (Wildman–Crippen MR) is 124 cm³/mol. The number of benzene rings is 3. The minimum Gasteiger partial charge on any atom is -0.497 e. The van der Waals surface area contributed by atoms with E-state index in [1.807, 2.05) is 60.7 Å². The van der Waals surface area contributed by atoms with E-state index in [2.05, 4.69) is 5.32 Å². The van der Waals surface area contributed by atoms with E-state index in [1.165, 1.54) is 0 Å². The van der Waals surface area contributed by atoms with E-state index < -0.39 is 11.6 Å². The van der Waals surface area contributed by atoms with Gasteiger partial charge in [0.15, 0.2) is 0 Å². The Morgan fingerprint density at radius 1 is 1.09 bits per heavy atom. The molecule has 1 atom stereocenters. The topological polar surface area (TPSA) is 79.0 Å². The number of hydrogen-bond acceptors (Lipinski definition) is 4. The molecule has 1 fully saturated rings. The molecule has 1 saturated heterocycles. The Labute approximate surface area is 191 Å². The van der Waals surface area contributed by atoms with Gasteiger partial charge in [0, 0.05) is 13.6 Å². The number of nitrogens with zero attached hydrogens (tertiary/aromatic N) is 2. The maximum absolute atomic E-state index is 13.3. The first kappa shape index (κ1) is 21.0. The summed E-state index contributed by atoms with van der Waals surface area (Å²) in [6, 6.07) is 19.0. The summed E-state index contributed by atoms with van der Waals surface area (Å²) in [5.74, 6) is 0.147. The molecular formula is C26H25N3O4. The Kier molecular flexibility index (Phi) is 5.04. The van der Waals surface area contributed by atoms with Crippen LogP contribution in [0.1, 0.15) is 23.1 Å². The lowest BCUT2D eigenvalue weighted by molar-refractivity contribution is -0.138. The number of ether oxygens (including phenoxy) is 1. The SMILES string of the molecule is COc1ccc2cc(CN(C)C(=O)CN3C(=O)NC4(CCc5ccccc54)C3=O)ccc2c1. The van der Waals surface area contributed by atoms with E-state index in [-0.39, 0.29) is 18.4 Å². The number of carbonyl (C=O) groups excluding carboxylic acids is 3. The van der Waals surface area contributed by atoms with Crippen molar-refractivity contribution in [3.63, 3.8) is 0 Å². The summed E-state index contributed by atoms with van der Waals surface area (Å²) >= 11 is 0. The molecule has 0 bridgehead atoms. The summed E-state index contributed by atoms with van der Waals surface area (Å²) in [6.07, 6.45) is 1.23. The van der Waals surface area contributed by atoms with Gasteiger partial charge in [-0.05, 0) is 58.5 Å². The number of rotatable bonds is 5. The Balaban J connectivity index is 1.29. The maximum Gasteiger partial charge on any atom is 0.325 e. The number of aryl methyl sites for hydroxylation is 1. The molecule has 7 heteroatoms. The van der Waals surface area contributed by atoms with Crippen LogP contribution >= 0.6 is 0 Å². The van der Waals surface area contributed by atoms with Crippen LogP contribution in [-0.4, -0.2) is 48.3 Å². The Morgan fingerprint density at radius 2 is 1.85 bits per heavy atom. The van der Waals surface area contributed by atoms with Gasteiger partial charge in [-0.15, -0.1) is 0 Å². The monoisotopic (exact) mass is 443 g/mol. The summed E-state index contributed by atoms with van der Waals surface area (Å²) in [6.45, 7) is 0.0916. The third kappa shape index (κ3) is 3.50. The summed E-state index contributed by atoms with van der Waals surface area (Å²) < 4.78 is 5.27. The van der Waals surface area contributed by atoms with Gasteiger partial charge < -0.3 is 15.0 Å². The molecule has 3 aromatic carbocycles. The van der Waals surface area contributed by atoms with Crippen LogP contribution in [0.15, 0.2) is 60.7 Å². The number of amides is 4. The smallest absolute Gasteiger partial charge is 0.325 e. The zero-order chi connectivity index (χ0) is 23.2. The average molecular weight is 444 g/mol. The highest BCUT2D eigenvalue weighted by molar-refractivity contribution is 6.09. The molecule has 0 radical (unpaired) electrons. The Bertz CT molecular complexity index is 1290. The minimum atomic E-state index is -1.05. The molecule has 0 saturated carbocycles. The molecule has 168 valence electrons. The highest BCUT2D eigenvalue weighted by atomic mass is 16.5. The van der Waals surface area contributed by atoms with Gasteiger partial charge in [-0.25, -0.2) is 4.79 Å². The fourth-order valence-electron chi connectivity index (χ4n) is 4.85. The molecule has 1 unspecified atom stereocenters. The normalized spacial score (nSPS) is 19.2. The third-order valence-electron chi connectivity index (χ3n) is 6.67.